The number of hydrogen-bond acceptors (Lipinski definition) is 4. The first kappa shape index (κ1) is 20.6. The second-order valence-corrected chi connectivity index (χ2v) is 8.60. The minimum atomic E-state index is -5.85. The molecule has 0 saturated heterocycles. The molecule has 1 N–H and O–H groups in total. The molecule has 128 valence electrons. The third kappa shape index (κ3) is 9.30. The van der Waals surface area contributed by atoms with Crippen LogP contribution >= 0.6 is 0 Å². The summed E-state index contributed by atoms with van der Waals surface area (Å²) in [7, 11) is -10.3. The van der Waals surface area contributed by atoms with Crippen molar-refractivity contribution in [2.24, 2.45) is 0 Å². The molecule has 0 rings (SSSR count). The van der Waals surface area contributed by atoms with Gasteiger partial charge in [0, 0.05) is 0 Å². The van der Waals surface area contributed by atoms with Crippen LogP contribution in [0.15, 0.2) is 0 Å². The van der Waals surface area contributed by atoms with Gasteiger partial charge in [-0.05, 0) is 6.42 Å². The van der Waals surface area contributed by atoms with Crippen molar-refractivity contribution >= 4 is 20.0 Å². The molecule has 0 spiro atoms. The highest BCUT2D eigenvalue weighted by Gasteiger charge is 2.48. The molecule has 5 nitrogen and oxygen atoms in total. The van der Waals surface area contributed by atoms with E-state index in [1.165, 1.54) is 0 Å². The molecular weight excluding hydrogens is 331 g/mol. The molecule has 0 fully saturated rings. The van der Waals surface area contributed by atoms with Crippen molar-refractivity contribution in [3.8, 4) is 0 Å². The molecule has 10 heteroatoms. The third-order valence-electron chi connectivity index (χ3n) is 2.81. The summed E-state index contributed by atoms with van der Waals surface area (Å²) in [6, 6.07) is 0. The SMILES string of the molecule is CCCCCCCCCCS(=O)(=O)NS(=O)(=O)C(F)(F)F. The molecule has 0 aromatic heterocycles. The van der Waals surface area contributed by atoms with Crippen LogP contribution in [0.2, 0.25) is 0 Å². The first-order valence-electron chi connectivity index (χ1n) is 6.84. The van der Waals surface area contributed by atoms with Gasteiger partial charge in [-0.1, -0.05) is 51.9 Å². The Balaban J connectivity index is 4.00. The van der Waals surface area contributed by atoms with Gasteiger partial charge in [0.25, 0.3) is 0 Å². The Hall–Kier alpha value is -0.350. The van der Waals surface area contributed by atoms with Crippen LogP contribution in [0, 0.1) is 0 Å². The zero-order valence-corrected chi connectivity index (χ0v) is 13.6. The fourth-order valence-electron chi connectivity index (χ4n) is 1.68. The van der Waals surface area contributed by atoms with Gasteiger partial charge in [-0.3, -0.25) is 0 Å². The maximum atomic E-state index is 12.0. The lowest BCUT2D eigenvalue weighted by Crippen LogP contribution is -2.41. The summed E-state index contributed by atoms with van der Waals surface area (Å²) in [5.41, 5.74) is -5.63. The van der Waals surface area contributed by atoms with Gasteiger partial charge >= 0.3 is 15.5 Å². The van der Waals surface area contributed by atoms with Crippen LogP contribution in [-0.2, 0) is 20.0 Å². The van der Waals surface area contributed by atoms with Crippen LogP contribution in [0.3, 0.4) is 0 Å². The Bertz CT molecular complexity index is 486. The van der Waals surface area contributed by atoms with Crippen LogP contribution in [-0.4, -0.2) is 28.1 Å². The zero-order valence-electron chi connectivity index (χ0n) is 11.9. The fraction of sp³-hybridized carbons (Fsp3) is 1.00. The molecule has 21 heavy (non-hydrogen) atoms. The fourth-order valence-corrected chi connectivity index (χ4v) is 4.31. The van der Waals surface area contributed by atoms with Gasteiger partial charge < -0.3 is 0 Å². The average Bonchev–Trinajstić information content (AvgIpc) is 2.29. The third-order valence-corrected chi connectivity index (χ3v) is 6.14. The average molecular weight is 353 g/mol. The van der Waals surface area contributed by atoms with Crippen molar-refractivity contribution < 1.29 is 30.0 Å². The van der Waals surface area contributed by atoms with Crippen molar-refractivity contribution in [3.05, 3.63) is 0 Å². The van der Waals surface area contributed by atoms with Gasteiger partial charge in [0.15, 0.2) is 0 Å². The number of nitrogens with one attached hydrogen (secondary N) is 1. The molecule has 0 amide bonds. The molecule has 0 bridgehead atoms. The predicted molar refractivity (Wildman–Crippen MR) is 74.5 cm³/mol. The summed E-state index contributed by atoms with van der Waals surface area (Å²) in [4.78, 5) is 0. The lowest BCUT2D eigenvalue weighted by Gasteiger charge is -2.10. The maximum Gasteiger partial charge on any atom is 0.512 e. The van der Waals surface area contributed by atoms with Crippen LogP contribution in [0.4, 0.5) is 13.2 Å². The van der Waals surface area contributed by atoms with E-state index in [-0.39, 0.29) is 6.42 Å². The molecule has 0 unspecified atom stereocenters. The molecule has 0 radical (unpaired) electrons. The van der Waals surface area contributed by atoms with Crippen molar-refractivity contribution in [1.82, 2.24) is 4.13 Å². The standard InChI is InChI=1S/C11H22F3NO4S2/c1-2-3-4-5-6-7-8-9-10-20(16,17)15-21(18,19)11(12,13)14/h15H,2-10H2,1H3. The van der Waals surface area contributed by atoms with Gasteiger partial charge in [0.05, 0.1) is 5.75 Å². The van der Waals surface area contributed by atoms with E-state index in [4.69, 9.17) is 0 Å². The topological polar surface area (TPSA) is 80.3 Å². The Morgan fingerprint density at radius 2 is 1.24 bits per heavy atom. The van der Waals surface area contributed by atoms with Crippen molar-refractivity contribution in [2.75, 3.05) is 5.75 Å². The molecule has 0 heterocycles. The molecule has 0 aliphatic rings. The number of alkyl halides is 3. The van der Waals surface area contributed by atoms with Crippen LogP contribution in [0.25, 0.3) is 0 Å². The van der Waals surface area contributed by atoms with E-state index >= 15 is 0 Å². The highest BCUT2D eigenvalue weighted by atomic mass is 32.3. The highest BCUT2D eigenvalue weighted by Crippen LogP contribution is 2.22. The highest BCUT2D eigenvalue weighted by molar-refractivity contribution is 8.05. The second kappa shape index (κ2) is 8.94. The summed E-state index contributed by atoms with van der Waals surface area (Å²) >= 11 is 0. The molecule has 0 saturated carbocycles. The second-order valence-electron chi connectivity index (χ2n) is 4.83. The molecule has 0 aromatic rings. The lowest BCUT2D eigenvalue weighted by molar-refractivity contribution is -0.0441. The maximum absolute atomic E-state index is 12.0. The Morgan fingerprint density at radius 1 is 0.810 bits per heavy atom. The number of halogens is 3. The number of sulfonamides is 2. The minimum absolute atomic E-state index is 0.135. The minimum Gasteiger partial charge on any atom is -0.211 e. The first-order valence-corrected chi connectivity index (χ1v) is 9.98. The van der Waals surface area contributed by atoms with E-state index in [1.807, 2.05) is 0 Å². The van der Waals surface area contributed by atoms with Gasteiger partial charge in [-0.2, -0.15) is 13.2 Å². The van der Waals surface area contributed by atoms with Gasteiger partial charge in [-0.15, -0.1) is 4.13 Å². The number of hydrogen-bond donors (Lipinski definition) is 1. The Morgan fingerprint density at radius 3 is 1.67 bits per heavy atom. The zero-order chi connectivity index (χ0) is 16.6. The summed E-state index contributed by atoms with van der Waals surface area (Å²) in [6.07, 6.45) is 6.82. The Kier molecular flexibility index (Phi) is 8.79. The normalized spacial score (nSPS) is 13.5. The quantitative estimate of drug-likeness (QED) is 0.579. The van der Waals surface area contributed by atoms with E-state index < -0.39 is 31.3 Å². The number of unbranched alkanes of at least 4 members (excludes halogenated alkanes) is 7. The summed E-state index contributed by atoms with van der Waals surface area (Å²) in [6.45, 7) is 2.09. The summed E-state index contributed by atoms with van der Waals surface area (Å²) in [5, 5.41) is 0. The van der Waals surface area contributed by atoms with E-state index in [1.54, 1.807) is 0 Å². The predicted octanol–water partition coefficient (Wildman–Crippen LogP) is 2.90. The number of rotatable bonds is 11. The smallest absolute Gasteiger partial charge is 0.211 e. The molecule has 0 aromatic carbocycles. The Labute approximate surface area is 124 Å². The van der Waals surface area contributed by atoms with E-state index in [0.29, 0.717) is 10.5 Å². The summed E-state index contributed by atoms with van der Waals surface area (Å²) in [5.74, 6) is -0.628. The lowest BCUT2D eigenvalue weighted by atomic mass is 10.1. The van der Waals surface area contributed by atoms with E-state index in [2.05, 4.69) is 6.92 Å². The van der Waals surface area contributed by atoms with Crippen molar-refractivity contribution in [3.63, 3.8) is 0 Å². The molecule has 0 atom stereocenters. The van der Waals surface area contributed by atoms with Crippen molar-refractivity contribution in [1.29, 1.82) is 0 Å². The van der Waals surface area contributed by atoms with E-state index in [9.17, 15) is 30.0 Å². The van der Waals surface area contributed by atoms with Crippen LogP contribution in [0.5, 0.6) is 0 Å². The summed E-state index contributed by atoms with van der Waals surface area (Å²) < 4.78 is 80.8. The van der Waals surface area contributed by atoms with Crippen molar-refractivity contribution in [2.45, 2.75) is 63.8 Å². The van der Waals surface area contributed by atoms with Gasteiger partial charge in [0.2, 0.25) is 10.0 Å². The molecule has 0 aliphatic heterocycles. The van der Waals surface area contributed by atoms with E-state index in [0.717, 1.165) is 38.5 Å². The largest absolute Gasteiger partial charge is 0.512 e. The van der Waals surface area contributed by atoms with Gasteiger partial charge in [0.1, 0.15) is 0 Å². The molecular formula is C11H22F3NO4S2. The molecule has 0 aliphatic carbocycles. The first-order chi connectivity index (χ1) is 9.52. The van der Waals surface area contributed by atoms with Gasteiger partial charge in [-0.25, -0.2) is 16.8 Å². The van der Waals surface area contributed by atoms with Crippen LogP contribution in [0.1, 0.15) is 58.3 Å². The monoisotopic (exact) mass is 353 g/mol. The van der Waals surface area contributed by atoms with Crippen LogP contribution < -0.4 is 4.13 Å².